The number of anilines is 1. The Morgan fingerprint density at radius 2 is 1.86 bits per heavy atom. The number of hydrogen-bond donors (Lipinski definition) is 1. The molecule has 0 aliphatic rings. The van der Waals surface area contributed by atoms with Crippen LogP contribution >= 0.6 is 15.9 Å². The van der Waals surface area contributed by atoms with Gasteiger partial charge in [0.1, 0.15) is 4.90 Å². The zero-order valence-corrected chi connectivity index (χ0v) is 14.1. The van der Waals surface area contributed by atoms with Gasteiger partial charge in [-0.2, -0.15) is 0 Å². The van der Waals surface area contributed by atoms with Crippen LogP contribution in [0.3, 0.4) is 0 Å². The number of sulfonamides is 1. The SMILES string of the molecule is Cc1ccc(Br)cc1NS(=O)(=O)c1cccc2cccnc12. The number of nitrogens with one attached hydrogen (secondary N) is 1. The first-order valence-corrected chi connectivity index (χ1v) is 8.88. The summed E-state index contributed by atoms with van der Waals surface area (Å²) >= 11 is 3.35. The van der Waals surface area contributed by atoms with Crippen molar-refractivity contribution < 1.29 is 8.42 Å². The summed E-state index contributed by atoms with van der Waals surface area (Å²) in [6.07, 6.45) is 1.59. The van der Waals surface area contributed by atoms with Crippen LogP contribution in [0.5, 0.6) is 0 Å². The largest absolute Gasteiger partial charge is 0.279 e. The van der Waals surface area contributed by atoms with Crippen LogP contribution in [0.25, 0.3) is 10.9 Å². The van der Waals surface area contributed by atoms with Crippen molar-refractivity contribution in [1.82, 2.24) is 4.98 Å². The minimum Gasteiger partial charge on any atom is -0.279 e. The van der Waals surface area contributed by atoms with Gasteiger partial charge in [-0.05, 0) is 36.8 Å². The van der Waals surface area contributed by atoms with Gasteiger partial charge in [0.15, 0.2) is 0 Å². The lowest BCUT2D eigenvalue weighted by Crippen LogP contribution is -2.14. The molecule has 1 aromatic heterocycles. The van der Waals surface area contributed by atoms with E-state index in [1.165, 1.54) is 0 Å². The van der Waals surface area contributed by atoms with Crippen molar-refractivity contribution in [2.24, 2.45) is 0 Å². The predicted molar refractivity (Wildman–Crippen MR) is 91.4 cm³/mol. The molecule has 1 N–H and O–H groups in total. The number of fused-ring (bicyclic) bond motifs is 1. The topological polar surface area (TPSA) is 59.1 Å². The second-order valence-corrected chi connectivity index (χ2v) is 7.46. The number of aryl methyl sites for hydroxylation is 1. The molecular weight excluding hydrogens is 364 g/mol. The maximum atomic E-state index is 12.7. The van der Waals surface area contributed by atoms with Crippen LogP contribution in [-0.2, 0) is 10.0 Å². The molecule has 0 amide bonds. The van der Waals surface area contributed by atoms with Crippen molar-refractivity contribution in [3.05, 3.63) is 64.8 Å². The van der Waals surface area contributed by atoms with Gasteiger partial charge in [0.05, 0.1) is 11.2 Å². The zero-order chi connectivity index (χ0) is 15.7. The van der Waals surface area contributed by atoms with Gasteiger partial charge in [-0.15, -0.1) is 0 Å². The van der Waals surface area contributed by atoms with Crippen LogP contribution in [0.4, 0.5) is 5.69 Å². The Kier molecular flexibility index (Phi) is 3.88. The Balaban J connectivity index is 2.11. The van der Waals surface area contributed by atoms with Gasteiger partial charge < -0.3 is 0 Å². The van der Waals surface area contributed by atoms with Crippen molar-refractivity contribution in [2.45, 2.75) is 11.8 Å². The minimum atomic E-state index is -3.71. The Morgan fingerprint density at radius 3 is 2.68 bits per heavy atom. The van der Waals surface area contributed by atoms with E-state index in [-0.39, 0.29) is 4.90 Å². The zero-order valence-electron chi connectivity index (χ0n) is 11.7. The molecule has 3 aromatic rings. The highest BCUT2D eigenvalue weighted by Gasteiger charge is 2.19. The molecule has 2 aromatic carbocycles. The molecule has 0 radical (unpaired) electrons. The minimum absolute atomic E-state index is 0.171. The second kappa shape index (κ2) is 5.70. The highest BCUT2D eigenvalue weighted by Crippen LogP contribution is 2.26. The van der Waals surface area contributed by atoms with Crippen LogP contribution < -0.4 is 4.72 Å². The van der Waals surface area contributed by atoms with Gasteiger partial charge in [-0.1, -0.05) is 40.2 Å². The number of halogens is 1. The third-order valence-corrected chi connectivity index (χ3v) is 5.22. The number of hydrogen-bond acceptors (Lipinski definition) is 3. The first-order valence-electron chi connectivity index (χ1n) is 6.60. The van der Waals surface area contributed by atoms with Crippen molar-refractivity contribution in [3.63, 3.8) is 0 Å². The molecule has 0 atom stereocenters. The standard InChI is InChI=1S/C16H13BrN2O2S/c1-11-7-8-13(17)10-14(11)19-22(20,21)15-6-2-4-12-5-3-9-18-16(12)15/h2-10,19H,1H3. The molecule has 0 aliphatic carbocycles. The predicted octanol–water partition coefficient (Wildman–Crippen LogP) is 4.11. The van der Waals surface area contributed by atoms with E-state index in [1.807, 2.05) is 31.2 Å². The Morgan fingerprint density at radius 1 is 1.09 bits per heavy atom. The monoisotopic (exact) mass is 376 g/mol. The van der Waals surface area contributed by atoms with E-state index in [0.717, 1.165) is 15.4 Å². The van der Waals surface area contributed by atoms with Gasteiger partial charge in [0.25, 0.3) is 10.0 Å². The molecule has 3 rings (SSSR count). The van der Waals surface area contributed by atoms with Crippen LogP contribution in [0.15, 0.2) is 64.1 Å². The van der Waals surface area contributed by atoms with E-state index >= 15 is 0 Å². The molecule has 0 unspecified atom stereocenters. The maximum absolute atomic E-state index is 12.7. The molecule has 6 heteroatoms. The lowest BCUT2D eigenvalue weighted by molar-refractivity contribution is 0.602. The fourth-order valence-corrected chi connectivity index (χ4v) is 3.86. The van der Waals surface area contributed by atoms with E-state index in [0.29, 0.717) is 11.2 Å². The summed E-state index contributed by atoms with van der Waals surface area (Å²) in [5.41, 5.74) is 1.85. The molecule has 112 valence electrons. The van der Waals surface area contributed by atoms with Crippen LogP contribution in [0, 0.1) is 6.92 Å². The van der Waals surface area contributed by atoms with E-state index in [9.17, 15) is 8.42 Å². The number of pyridine rings is 1. The van der Waals surface area contributed by atoms with E-state index in [4.69, 9.17) is 0 Å². The molecule has 0 saturated carbocycles. The van der Waals surface area contributed by atoms with Crippen LogP contribution in [0.1, 0.15) is 5.56 Å². The van der Waals surface area contributed by atoms with Crippen molar-refractivity contribution in [1.29, 1.82) is 0 Å². The molecule has 22 heavy (non-hydrogen) atoms. The first-order chi connectivity index (χ1) is 10.5. The van der Waals surface area contributed by atoms with Crippen LogP contribution in [0.2, 0.25) is 0 Å². The van der Waals surface area contributed by atoms with E-state index < -0.39 is 10.0 Å². The third kappa shape index (κ3) is 2.84. The molecule has 0 fully saturated rings. The number of para-hydroxylation sites is 1. The van der Waals surface area contributed by atoms with E-state index in [1.54, 1.807) is 30.5 Å². The lowest BCUT2D eigenvalue weighted by atomic mass is 10.2. The average molecular weight is 377 g/mol. The lowest BCUT2D eigenvalue weighted by Gasteiger charge is -2.12. The average Bonchev–Trinajstić information content (AvgIpc) is 2.50. The number of nitrogens with zero attached hydrogens (tertiary/aromatic N) is 1. The van der Waals surface area contributed by atoms with Gasteiger partial charge in [0, 0.05) is 16.1 Å². The summed E-state index contributed by atoms with van der Waals surface area (Å²) in [7, 11) is -3.71. The van der Waals surface area contributed by atoms with Gasteiger partial charge in [-0.25, -0.2) is 8.42 Å². The fourth-order valence-electron chi connectivity index (χ4n) is 2.20. The molecule has 0 saturated heterocycles. The second-order valence-electron chi connectivity index (χ2n) is 4.90. The molecule has 0 spiro atoms. The fraction of sp³-hybridized carbons (Fsp3) is 0.0625. The Hall–Kier alpha value is -1.92. The summed E-state index contributed by atoms with van der Waals surface area (Å²) in [6, 6.07) is 14.2. The highest BCUT2D eigenvalue weighted by molar-refractivity contribution is 9.10. The summed E-state index contributed by atoms with van der Waals surface area (Å²) in [6.45, 7) is 1.85. The first kappa shape index (κ1) is 15.0. The number of benzene rings is 2. The summed E-state index contributed by atoms with van der Waals surface area (Å²) in [4.78, 5) is 4.37. The molecule has 1 heterocycles. The summed E-state index contributed by atoms with van der Waals surface area (Å²) in [5, 5.41) is 0.788. The number of aromatic nitrogens is 1. The van der Waals surface area contributed by atoms with Crippen molar-refractivity contribution in [3.8, 4) is 0 Å². The van der Waals surface area contributed by atoms with Crippen molar-refractivity contribution >= 4 is 42.5 Å². The Labute approximate surface area is 137 Å². The Bertz CT molecular complexity index is 950. The van der Waals surface area contributed by atoms with Crippen LogP contribution in [-0.4, -0.2) is 13.4 Å². The summed E-state index contributed by atoms with van der Waals surface area (Å²) < 4.78 is 28.9. The molecule has 0 bridgehead atoms. The van der Waals surface area contributed by atoms with Gasteiger partial charge in [-0.3, -0.25) is 9.71 Å². The summed E-state index contributed by atoms with van der Waals surface area (Å²) in [5.74, 6) is 0. The maximum Gasteiger partial charge on any atom is 0.264 e. The number of rotatable bonds is 3. The van der Waals surface area contributed by atoms with Crippen molar-refractivity contribution in [2.75, 3.05) is 4.72 Å². The highest BCUT2D eigenvalue weighted by atomic mass is 79.9. The third-order valence-electron chi connectivity index (χ3n) is 3.33. The molecule has 0 aliphatic heterocycles. The normalized spacial score (nSPS) is 11.5. The smallest absolute Gasteiger partial charge is 0.264 e. The quantitative estimate of drug-likeness (QED) is 0.748. The molecular formula is C16H13BrN2O2S. The van der Waals surface area contributed by atoms with E-state index in [2.05, 4.69) is 25.6 Å². The molecule has 4 nitrogen and oxygen atoms in total. The van der Waals surface area contributed by atoms with Gasteiger partial charge >= 0.3 is 0 Å². The van der Waals surface area contributed by atoms with Gasteiger partial charge in [0.2, 0.25) is 0 Å².